The number of aromatic nitrogens is 6. The summed E-state index contributed by atoms with van der Waals surface area (Å²) in [5.74, 6) is -0.778. The van der Waals surface area contributed by atoms with Crippen LogP contribution in [0.25, 0.3) is 11.3 Å². The van der Waals surface area contributed by atoms with Gasteiger partial charge in [0.2, 0.25) is 0 Å². The first-order valence-corrected chi connectivity index (χ1v) is 13.6. The van der Waals surface area contributed by atoms with Crippen molar-refractivity contribution in [2.75, 3.05) is 12.0 Å². The third-order valence-electron chi connectivity index (χ3n) is 5.88. The van der Waals surface area contributed by atoms with Gasteiger partial charge in [0.1, 0.15) is 0 Å². The molecule has 0 aliphatic carbocycles. The Morgan fingerprint density at radius 2 is 1.95 bits per heavy atom. The Morgan fingerprint density at radius 1 is 1.23 bits per heavy atom. The van der Waals surface area contributed by atoms with Gasteiger partial charge in [0.15, 0.2) is 0 Å². The molecule has 0 aromatic carbocycles. The third kappa shape index (κ3) is 5.15. The molecule has 5 rings (SSSR count). The zero-order valence-corrected chi connectivity index (χ0v) is 23.2. The van der Waals surface area contributed by atoms with Crippen LogP contribution in [0.2, 0.25) is 0 Å². The first kappa shape index (κ1) is 27.3. The van der Waals surface area contributed by atoms with Crippen molar-refractivity contribution in [2.24, 2.45) is 7.05 Å². The molecule has 0 fully saturated rings. The minimum absolute atomic E-state index is 0.104. The fourth-order valence-electron chi connectivity index (χ4n) is 3.85. The summed E-state index contributed by atoms with van der Waals surface area (Å²) >= 11 is -1.09. The number of carbonyl (C=O) groups is 1. The second kappa shape index (κ2) is 10.4. The van der Waals surface area contributed by atoms with Crippen molar-refractivity contribution in [1.82, 2.24) is 29.2 Å². The predicted octanol–water partition coefficient (Wildman–Crippen LogP) is -1.06. The fourth-order valence-corrected chi connectivity index (χ4v) is 6.30. The van der Waals surface area contributed by atoms with Crippen molar-refractivity contribution in [3.05, 3.63) is 74.8 Å². The van der Waals surface area contributed by atoms with Gasteiger partial charge in [0.05, 0.1) is 0 Å². The van der Waals surface area contributed by atoms with Crippen LogP contribution in [0.5, 0.6) is 0 Å². The summed E-state index contributed by atoms with van der Waals surface area (Å²) in [5, 5.41) is 6.53. The van der Waals surface area contributed by atoms with Gasteiger partial charge in [-0.1, -0.05) is 0 Å². The van der Waals surface area contributed by atoms with E-state index < -0.39 is 57.0 Å². The number of nitrogens with one attached hydrogen (secondary N) is 2. The summed E-state index contributed by atoms with van der Waals surface area (Å²) in [6.45, 7) is 3.20. The molecule has 0 saturated carbocycles. The third-order valence-corrected chi connectivity index (χ3v) is 8.47. The van der Waals surface area contributed by atoms with Gasteiger partial charge in [0, 0.05) is 0 Å². The molecular formula is C23H20F3IN9O4-. The number of nitrogens with zero attached hydrogens (tertiary/aromatic N) is 7. The number of halogens is 4. The summed E-state index contributed by atoms with van der Waals surface area (Å²) < 4.78 is 50.4. The van der Waals surface area contributed by atoms with Gasteiger partial charge in [0.25, 0.3) is 0 Å². The van der Waals surface area contributed by atoms with E-state index in [2.05, 4.69) is 29.0 Å². The average Bonchev–Trinajstić information content (AvgIpc) is 3.55. The maximum atomic E-state index is 13.4. The van der Waals surface area contributed by atoms with Crippen molar-refractivity contribution in [3.63, 3.8) is 0 Å². The number of amides is 1. The molecule has 1 amide bonds. The number of hydrogen-bond donors (Lipinski definition) is 2. The molecule has 210 valence electrons. The molecule has 17 heteroatoms. The Morgan fingerprint density at radius 3 is 2.60 bits per heavy atom. The molecule has 1 aliphatic rings. The summed E-state index contributed by atoms with van der Waals surface area (Å²) in [5.41, 5.74) is -0.0655. The molecule has 4 aromatic rings. The van der Waals surface area contributed by atoms with Gasteiger partial charge in [-0.15, -0.1) is 0 Å². The molecule has 1 atom stereocenters. The van der Waals surface area contributed by atoms with E-state index in [9.17, 15) is 27.6 Å². The van der Waals surface area contributed by atoms with Gasteiger partial charge in [-0.3, -0.25) is 0 Å². The van der Waals surface area contributed by atoms with Crippen molar-refractivity contribution < 1.29 is 44.2 Å². The van der Waals surface area contributed by atoms with Gasteiger partial charge in [-0.05, 0) is 0 Å². The molecule has 4 aromatic heterocycles. The quantitative estimate of drug-likeness (QED) is 0.192. The van der Waals surface area contributed by atoms with Gasteiger partial charge < -0.3 is 0 Å². The molecule has 40 heavy (non-hydrogen) atoms. The molecule has 2 N–H and O–H groups in total. The zero-order valence-electron chi connectivity index (χ0n) is 21.0. The Hall–Kier alpha value is -4.29. The summed E-state index contributed by atoms with van der Waals surface area (Å²) in [6.07, 6.45) is -2.67. The Bertz CT molecular complexity index is 1720. The first-order valence-electron chi connectivity index (χ1n) is 11.6. The maximum absolute atomic E-state index is 13.4. The molecule has 13 nitrogen and oxygen atoms in total. The van der Waals surface area contributed by atoms with Gasteiger partial charge in [-0.25, -0.2) is 0 Å². The van der Waals surface area contributed by atoms with Crippen molar-refractivity contribution in [1.29, 1.82) is 0 Å². The van der Waals surface area contributed by atoms with Gasteiger partial charge >= 0.3 is 221 Å². The number of alkyl halides is 3. The van der Waals surface area contributed by atoms with E-state index in [1.807, 2.05) is 0 Å². The predicted molar refractivity (Wildman–Crippen MR) is 131 cm³/mol. The van der Waals surface area contributed by atoms with Crippen LogP contribution in [0.15, 0.2) is 50.8 Å². The Labute approximate surface area is 234 Å². The number of fused-ring (bicyclic) bond motifs is 1. The van der Waals surface area contributed by atoms with Crippen LogP contribution in [-0.2, 0) is 24.6 Å². The average molecular weight is 670 g/mol. The normalized spacial score (nSPS) is 13.8. The molecule has 0 saturated heterocycles. The van der Waals surface area contributed by atoms with Crippen LogP contribution >= 0.6 is 0 Å². The fraction of sp³-hybridized carbons (Fsp3) is 0.261. The van der Waals surface area contributed by atoms with Crippen LogP contribution in [0, 0.1) is 6.92 Å². The van der Waals surface area contributed by atoms with Crippen LogP contribution in [0.3, 0.4) is 0 Å². The summed E-state index contributed by atoms with van der Waals surface area (Å²) in [4.78, 5) is 50.5. The first-order chi connectivity index (χ1) is 18.9. The SMILES string of the molecule is Cc1cc(Cn2c(=O)c3c(n(C)c2=O)N[I-]N3[C@@H](C)C(=O)Nc2cccc(-c3cnc(C(F)(F)F)nc3)n2)no1. The van der Waals surface area contributed by atoms with E-state index in [0.717, 1.165) is 17.0 Å². The Balaban J connectivity index is 1.38. The van der Waals surface area contributed by atoms with Crippen molar-refractivity contribution >= 4 is 23.2 Å². The van der Waals surface area contributed by atoms with E-state index in [4.69, 9.17) is 4.52 Å². The van der Waals surface area contributed by atoms with Crippen LogP contribution in [0.1, 0.15) is 24.2 Å². The standard InChI is InChI=1S/C23H20F3IN9O4/c1-11-7-14(33-40-11)10-35-20(38)17-18(34(3)22(35)39)32-27-36(17)12(2)19(37)31-16-6-4-5-15(30-16)13-8-28-21(29-9-13)23(24,25)26/h4-9,12,32H,10H2,1-3H3,(H,30,31,37)/q-1/t12-/m0/s1. The monoisotopic (exact) mass is 670 g/mol. The number of carbonyl (C=O) groups excluding carboxylic acids is 1. The van der Waals surface area contributed by atoms with Crippen molar-refractivity contribution in [2.45, 2.75) is 32.6 Å². The van der Waals surface area contributed by atoms with Crippen LogP contribution in [0.4, 0.5) is 30.5 Å². The molecule has 0 spiro atoms. The summed E-state index contributed by atoms with van der Waals surface area (Å²) in [7, 11) is 1.52. The number of aryl methyl sites for hydroxylation is 1. The number of rotatable bonds is 6. The van der Waals surface area contributed by atoms with Crippen LogP contribution < -0.4 is 45.0 Å². The minimum atomic E-state index is -4.67. The summed E-state index contributed by atoms with van der Waals surface area (Å²) in [6, 6.07) is 5.40. The van der Waals surface area contributed by atoms with E-state index in [0.29, 0.717) is 17.3 Å². The topological polar surface area (TPSA) is 153 Å². The molecule has 0 radical (unpaired) electrons. The molecule has 1 aliphatic heterocycles. The molecular weight excluding hydrogens is 650 g/mol. The second-order valence-electron chi connectivity index (χ2n) is 8.72. The van der Waals surface area contributed by atoms with Crippen molar-refractivity contribution in [3.8, 4) is 11.3 Å². The zero-order chi connectivity index (χ0) is 28.8. The van der Waals surface area contributed by atoms with E-state index in [1.54, 1.807) is 29.1 Å². The van der Waals surface area contributed by atoms with E-state index in [1.165, 1.54) is 23.7 Å². The number of hydrogen-bond acceptors (Lipinski definition) is 10. The van der Waals surface area contributed by atoms with E-state index >= 15 is 0 Å². The van der Waals surface area contributed by atoms with Gasteiger partial charge in [-0.2, -0.15) is 13.2 Å². The number of pyridine rings is 1. The molecule has 0 bridgehead atoms. The molecule has 5 heterocycles. The second-order valence-corrected chi connectivity index (χ2v) is 10.8. The number of anilines is 3. The van der Waals surface area contributed by atoms with Crippen LogP contribution in [-0.4, -0.2) is 41.2 Å². The van der Waals surface area contributed by atoms with E-state index in [-0.39, 0.29) is 29.3 Å². The molecule has 0 unspecified atom stereocenters. The Kier molecular flexibility index (Phi) is 7.06.